The Bertz CT molecular complexity index is 449. The van der Waals surface area contributed by atoms with E-state index < -0.39 is 0 Å². The third-order valence-electron chi connectivity index (χ3n) is 5.14. The lowest BCUT2D eigenvalue weighted by Crippen LogP contribution is -2.39. The SMILES string of the molecule is CSC1(CNCc2ccc3c(c2)CCC3)CCCCC1. The van der Waals surface area contributed by atoms with E-state index in [1.807, 2.05) is 0 Å². The minimum absolute atomic E-state index is 0.509. The molecular weight excluding hydrogens is 262 g/mol. The number of thioether (sulfide) groups is 1. The maximum absolute atomic E-state index is 3.73. The molecule has 1 fully saturated rings. The van der Waals surface area contributed by atoms with E-state index in [0.29, 0.717) is 4.75 Å². The number of hydrogen-bond acceptors (Lipinski definition) is 2. The molecule has 0 heterocycles. The molecule has 3 rings (SSSR count). The summed E-state index contributed by atoms with van der Waals surface area (Å²) in [5.41, 5.74) is 4.65. The van der Waals surface area contributed by atoms with Gasteiger partial charge in [-0.2, -0.15) is 11.8 Å². The maximum atomic E-state index is 3.73. The fourth-order valence-corrected chi connectivity index (χ4v) is 4.76. The Morgan fingerprint density at radius 3 is 2.65 bits per heavy atom. The molecule has 1 N–H and O–H groups in total. The van der Waals surface area contributed by atoms with Crippen molar-refractivity contribution in [3.05, 3.63) is 34.9 Å². The predicted molar refractivity (Wildman–Crippen MR) is 89.5 cm³/mol. The van der Waals surface area contributed by atoms with E-state index in [1.165, 1.54) is 63.5 Å². The van der Waals surface area contributed by atoms with Gasteiger partial charge in [0.15, 0.2) is 0 Å². The molecular formula is C18H27NS. The molecule has 0 amide bonds. The highest BCUT2D eigenvalue weighted by atomic mass is 32.2. The molecule has 20 heavy (non-hydrogen) atoms. The fraction of sp³-hybridized carbons (Fsp3) is 0.667. The van der Waals surface area contributed by atoms with Gasteiger partial charge >= 0.3 is 0 Å². The van der Waals surface area contributed by atoms with Crippen LogP contribution in [-0.2, 0) is 19.4 Å². The Hall–Kier alpha value is -0.470. The third kappa shape index (κ3) is 3.23. The molecule has 0 atom stereocenters. The zero-order chi connectivity index (χ0) is 13.8. The van der Waals surface area contributed by atoms with Gasteiger partial charge in [-0.1, -0.05) is 37.5 Å². The lowest BCUT2D eigenvalue weighted by Gasteiger charge is -2.36. The molecule has 1 nitrogen and oxygen atoms in total. The Morgan fingerprint density at radius 1 is 1.05 bits per heavy atom. The standard InChI is InChI=1S/C18H27NS/c1-20-18(10-3-2-4-11-18)14-19-13-15-8-9-16-6-5-7-17(16)12-15/h8-9,12,19H,2-7,10-11,13-14H2,1H3. The van der Waals surface area contributed by atoms with Crippen LogP contribution in [0.1, 0.15) is 55.2 Å². The lowest BCUT2D eigenvalue weighted by molar-refractivity contribution is 0.379. The molecule has 0 radical (unpaired) electrons. The van der Waals surface area contributed by atoms with Gasteiger partial charge in [0.1, 0.15) is 0 Å². The molecule has 110 valence electrons. The largest absolute Gasteiger partial charge is 0.311 e. The van der Waals surface area contributed by atoms with E-state index in [1.54, 1.807) is 11.1 Å². The van der Waals surface area contributed by atoms with Crippen molar-refractivity contribution >= 4 is 11.8 Å². The number of aryl methyl sites for hydroxylation is 2. The molecule has 1 aromatic rings. The first-order valence-corrected chi connectivity index (χ1v) is 9.40. The highest BCUT2D eigenvalue weighted by Crippen LogP contribution is 2.38. The van der Waals surface area contributed by atoms with Crippen LogP contribution in [0.2, 0.25) is 0 Å². The summed E-state index contributed by atoms with van der Waals surface area (Å²) >= 11 is 2.09. The summed E-state index contributed by atoms with van der Waals surface area (Å²) in [5, 5.41) is 3.73. The Balaban J connectivity index is 1.54. The van der Waals surface area contributed by atoms with Crippen LogP contribution in [0.3, 0.4) is 0 Å². The topological polar surface area (TPSA) is 12.0 Å². The first-order chi connectivity index (χ1) is 9.81. The monoisotopic (exact) mass is 289 g/mol. The average molecular weight is 289 g/mol. The summed E-state index contributed by atoms with van der Waals surface area (Å²) in [5.74, 6) is 0. The van der Waals surface area contributed by atoms with Gasteiger partial charge in [-0.25, -0.2) is 0 Å². The highest BCUT2D eigenvalue weighted by molar-refractivity contribution is 8.00. The number of nitrogens with one attached hydrogen (secondary N) is 1. The number of benzene rings is 1. The van der Waals surface area contributed by atoms with Crippen LogP contribution in [0.5, 0.6) is 0 Å². The summed E-state index contributed by atoms with van der Waals surface area (Å²) in [6, 6.07) is 7.11. The van der Waals surface area contributed by atoms with Crippen molar-refractivity contribution < 1.29 is 0 Å². The van der Waals surface area contributed by atoms with Gasteiger partial charge in [-0.05, 0) is 55.1 Å². The van der Waals surface area contributed by atoms with Crippen molar-refractivity contribution in [2.75, 3.05) is 12.8 Å². The Kier molecular flexibility index (Phi) is 4.72. The molecule has 1 saturated carbocycles. The van der Waals surface area contributed by atoms with Crippen molar-refractivity contribution in [1.29, 1.82) is 0 Å². The molecule has 2 heteroatoms. The zero-order valence-electron chi connectivity index (χ0n) is 12.7. The van der Waals surface area contributed by atoms with Crippen LogP contribution < -0.4 is 5.32 Å². The van der Waals surface area contributed by atoms with Crippen LogP contribution in [0.4, 0.5) is 0 Å². The first kappa shape index (κ1) is 14.5. The number of hydrogen-bond donors (Lipinski definition) is 1. The van der Waals surface area contributed by atoms with Crippen LogP contribution in [0.25, 0.3) is 0 Å². The Morgan fingerprint density at radius 2 is 1.85 bits per heavy atom. The van der Waals surface area contributed by atoms with Gasteiger partial charge in [-0.15, -0.1) is 0 Å². The molecule has 2 aliphatic rings. The van der Waals surface area contributed by atoms with Crippen LogP contribution in [-0.4, -0.2) is 17.5 Å². The van der Waals surface area contributed by atoms with Gasteiger partial charge in [0.25, 0.3) is 0 Å². The second-order valence-electron chi connectivity index (χ2n) is 6.51. The quantitative estimate of drug-likeness (QED) is 0.866. The zero-order valence-corrected chi connectivity index (χ0v) is 13.5. The van der Waals surface area contributed by atoms with Crippen LogP contribution in [0.15, 0.2) is 18.2 Å². The predicted octanol–water partition coefficient (Wildman–Crippen LogP) is 4.33. The first-order valence-electron chi connectivity index (χ1n) is 8.18. The summed E-state index contributed by atoms with van der Waals surface area (Å²) in [6.45, 7) is 2.21. The van der Waals surface area contributed by atoms with Gasteiger partial charge < -0.3 is 5.32 Å². The van der Waals surface area contributed by atoms with E-state index >= 15 is 0 Å². The van der Waals surface area contributed by atoms with E-state index in [-0.39, 0.29) is 0 Å². The molecule has 2 aliphatic carbocycles. The minimum Gasteiger partial charge on any atom is -0.311 e. The average Bonchev–Trinajstić information content (AvgIpc) is 2.96. The molecule has 0 spiro atoms. The van der Waals surface area contributed by atoms with Crippen LogP contribution in [0, 0.1) is 0 Å². The van der Waals surface area contributed by atoms with E-state index in [2.05, 4.69) is 41.5 Å². The fourth-order valence-electron chi connectivity index (χ4n) is 3.82. The van der Waals surface area contributed by atoms with Crippen LogP contribution >= 0.6 is 11.8 Å². The van der Waals surface area contributed by atoms with Gasteiger partial charge in [-0.3, -0.25) is 0 Å². The Labute approximate surface area is 127 Å². The molecule has 0 aliphatic heterocycles. The van der Waals surface area contributed by atoms with Crippen molar-refractivity contribution in [2.24, 2.45) is 0 Å². The molecule has 0 bridgehead atoms. The maximum Gasteiger partial charge on any atom is 0.0281 e. The third-order valence-corrected chi connectivity index (χ3v) is 6.56. The van der Waals surface area contributed by atoms with Gasteiger partial charge in [0, 0.05) is 17.8 Å². The van der Waals surface area contributed by atoms with Gasteiger partial charge in [0.05, 0.1) is 0 Å². The van der Waals surface area contributed by atoms with Gasteiger partial charge in [0.2, 0.25) is 0 Å². The normalized spacial score (nSPS) is 20.9. The number of rotatable bonds is 5. The summed E-state index contributed by atoms with van der Waals surface area (Å²) < 4.78 is 0.509. The molecule has 0 saturated heterocycles. The lowest BCUT2D eigenvalue weighted by atomic mass is 9.88. The number of fused-ring (bicyclic) bond motifs is 1. The van der Waals surface area contributed by atoms with Crippen molar-refractivity contribution in [1.82, 2.24) is 5.32 Å². The highest BCUT2D eigenvalue weighted by Gasteiger charge is 2.30. The minimum atomic E-state index is 0.509. The summed E-state index contributed by atoms with van der Waals surface area (Å²) in [6.07, 6.45) is 13.3. The van der Waals surface area contributed by atoms with Crippen molar-refractivity contribution in [3.63, 3.8) is 0 Å². The van der Waals surface area contributed by atoms with Crippen molar-refractivity contribution in [2.45, 2.75) is 62.7 Å². The van der Waals surface area contributed by atoms with E-state index in [0.717, 1.165) is 6.54 Å². The van der Waals surface area contributed by atoms with E-state index in [4.69, 9.17) is 0 Å². The summed E-state index contributed by atoms with van der Waals surface area (Å²) in [4.78, 5) is 0. The smallest absolute Gasteiger partial charge is 0.0281 e. The van der Waals surface area contributed by atoms with E-state index in [9.17, 15) is 0 Å². The molecule has 1 aromatic carbocycles. The summed E-state index contributed by atoms with van der Waals surface area (Å²) in [7, 11) is 0. The van der Waals surface area contributed by atoms with Crippen molar-refractivity contribution in [3.8, 4) is 0 Å². The molecule has 0 aromatic heterocycles. The second kappa shape index (κ2) is 6.53. The molecule has 0 unspecified atom stereocenters. The second-order valence-corrected chi connectivity index (χ2v) is 7.78.